The molecule has 1 aliphatic rings. The normalized spacial score (nSPS) is 19.0. The van der Waals surface area contributed by atoms with Crippen LogP contribution in [-0.2, 0) is 6.54 Å². The molecule has 0 saturated heterocycles. The molecule has 1 aliphatic heterocycles. The van der Waals surface area contributed by atoms with Gasteiger partial charge >= 0.3 is 0 Å². The molecule has 0 bridgehead atoms. The minimum absolute atomic E-state index is 0.141. The highest BCUT2D eigenvalue weighted by Crippen LogP contribution is 2.52. The molecule has 3 aromatic carbocycles. The Morgan fingerprint density at radius 3 is 2.16 bits per heavy atom. The molecule has 38 heavy (non-hydrogen) atoms. The number of anilines is 1. The Morgan fingerprint density at radius 1 is 0.921 bits per heavy atom. The first-order valence-electron chi connectivity index (χ1n) is 14.1. The first kappa shape index (κ1) is 28.5. The van der Waals surface area contributed by atoms with Crippen molar-refractivity contribution in [3.8, 4) is 5.75 Å². The molecular weight excluding hydrogens is 488 g/mol. The molecule has 0 aromatic heterocycles. The van der Waals surface area contributed by atoms with E-state index < -0.39 is 6.10 Å². The first-order chi connectivity index (χ1) is 18.4. The monoisotopic (exact) mass is 532 g/mol. The Hall–Kier alpha value is -2.47. The Kier molecular flexibility index (Phi) is 9.80. The van der Waals surface area contributed by atoms with Crippen LogP contribution in [0.5, 0.6) is 5.75 Å². The molecule has 0 aliphatic carbocycles. The van der Waals surface area contributed by atoms with Crippen LogP contribution in [0, 0.1) is 0 Å². The lowest BCUT2D eigenvalue weighted by Gasteiger charge is -2.47. The van der Waals surface area contributed by atoms with Gasteiger partial charge in [-0.15, -0.1) is 0 Å². The molecule has 1 heterocycles. The largest absolute Gasteiger partial charge is 0.497 e. The second-order valence-electron chi connectivity index (χ2n) is 10.7. The van der Waals surface area contributed by atoms with Gasteiger partial charge in [-0.25, -0.2) is 4.31 Å². The van der Waals surface area contributed by atoms with Crippen LogP contribution in [0.3, 0.4) is 0 Å². The summed E-state index contributed by atoms with van der Waals surface area (Å²) in [4.78, 5) is 3.37. The van der Waals surface area contributed by atoms with E-state index in [4.69, 9.17) is 4.74 Å². The quantitative estimate of drug-likeness (QED) is 0.254. The third-order valence-corrected chi connectivity index (χ3v) is 9.27. The summed E-state index contributed by atoms with van der Waals surface area (Å²) < 4.78 is 8.01. The van der Waals surface area contributed by atoms with Crippen molar-refractivity contribution in [2.24, 2.45) is 0 Å². The molecule has 0 unspecified atom stereocenters. The molecule has 0 amide bonds. The van der Waals surface area contributed by atoms with Crippen LogP contribution < -0.4 is 9.64 Å². The number of aliphatic hydroxyl groups is 1. The van der Waals surface area contributed by atoms with Crippen LogP contribution in [0.25, 0.3) is 0 Å². The lowest BCUT2D eigenvalue weighted by Crippen LogP contribution is -2.55. The zero-order chi connectivity index (χ0) is 27.1. The van der Waals surface area contributed by atoms with Gasteiger partial charge in [-0.3, -0.25) is 0 Å². The Labute approximate surface area is 234 Å². The second kappa shape index (κ2) is 13.1. The maximum absolute atomic E-state index is 12.7. The van der Waals surface area contributed by atoms with E-state index in [1.165, 1.54) is 16.0 Å². The van der Waals surface area contributed by atoms with Crippen LogP contribution in [0.15, 0.2) is 77.7 Å². The van der Waals surface area contributed by atoms with Crippen LogP contribution >= 0.6 is 11.9 Å². The lowest BCUT2D eigenvalue weighted by molar-refractivity contribution is -0.0111. The zero-order valence-corrected chi connectivity index (χ0v) is 24.5. The van der Waals surface area contributed by atoms with Crippen molar-refractivity contribution < 1.29 is 9.84 Å². The molecule has 5 heteroatoms. The molecule has 0 radical (unpaired) electrons. The third kappa shape index (κ3) is 6.06. The van der Waals surface area contributed by atoms with Crippen molar-refractivity contribution in [2.45, 2.75) is 81.4 Å². The number of ether oxygens (including phenoxy) is 1. The topological polar surface area (TPSA) is 35.9 Å². The summed E-state index contributed by atoms with van der Waals surface area (Å²) in [7, 11) is 5.87. The van der Waals surface area contributed by atoms with Gasteiger partial charge in [-0.1, -0.05) is 82.0 Å². The predicted molar refractivity (Wildman–Crippen MR) is 161 cm³/mol. The molecule has 204 valence electrons. The van der Waals surface area contributed by atoms with Crippen molar-refractivity contribution in [1.29, 1.82) is 0 Å². The highest BCUT2D eigenvalue weighted by Gasteiger charge is 2.49. The maximum Gasteiger partial charge on any atom is 0.118 e. The predicted octanol–water partition coefficient (Wildman–Crippen LogP) is 7.90. The SMILES string of the molecule is CCCCC1(CCCC)[C@H](O)[C@H](c2ccc(OC)cc2)c2cc(N(C)C)ccc2SN1Cc1ccccc1. The number of benzene rings is 3. The minimum Gasteiger partial charge on any atom is -0.497 e. The maximum atomic E-state index is 12.7. The van der Waals surface area contributed by atoms with E-state index in [1.807, 2.05) is 24.1 Å². The highest BCUT2D eigenvalue weighted by atomic mass is 32.2. The van der Waals surface area contributed by atoms with Gasteiger partial charge in [0.2, 0.25) is 0 Å². The van der Waals surface area contributed by atoms with Crippen molar-refractivity contribution in [3.63, 3.8) is 0 Å². The number of fused-ring (bicyclic) bond motifs is 1. The van der Waals surface area contributed by atoms with E-state index >= 15 is 0 Å². The van der Waals surface area contributed by atoms with Crippen molar-refractivity contribution in [1.82, 2.24) is 4.31 Å². The number of aliphatic hydroxyl groups excluding tert-OH is 1. The first-order valence-corrected chi connectivity index (χ1v) is 14.8. The van der Waals surface area contributed by atoms with E-state index in [0.717, 1.165) is 62.1 Å². The van der Waals surface area contributed by atoms with Gasteiger partial charge in [0.1, 0.15) is 5.75 Å². The molecule has 4 nitrogen and oxygen atoms in total. The van der Waals surface area contributed by atoms with Crippen LogP contribution in [0.4, 0.5) is 5.69 Å². The van der Waals surface area contributed by atoms with Crippen molar-refractivity contribution >= 4 is 17.6 Å². The molecule has 3 aromatic rings. The Morgan fingerprint density at radius 2 is 1.58 bits per heavy atom. The summed E-state index contributed by atoms with van der Waals surface area (Å²) in [5.74, 6) is 0.695. The van der Waals surface area contributed by atoms with Gasteiger partial charge in [-0.2, -0.15) is 0 Å². The molecule has 0 fully saturated rings. The average Bonchev–Trinajstić information content (AvgIpc) is 3.03. The van der Waals surface area contributed by atoms with Crippen LogP contribution in [0.2, 0.25) is 0 Å². The van der Waals surface area contributed by atoms with Crippen molar-refractivity contribution in [2.75, 3.05) is 26.1 Å². The second-order valence-corrected chi connectivity index (χ2v) is 11.8. The van der Waals surface area contributed by atoms with E-state index in [9.17, 15) is 5.11 Å². The Bertz CT molecular complexity index is 1140. The van der Waals surface area contributed by atoms with Gasteiger partial charge in [0.25, 0.3) is 0 Å². The Balaban J connectivity index is 1.93. The molecule has 0 spiro atoms. The number of hydrogen-bond donors (Lipinski definition) is 1. The summed E-state index contributed by atoms with van der Waals surface area (Å²) >= 11 is 1.84. The molecule has 4 rings (SSSR count). The molecule has 0 saturated carbocycles. The third-order valence-electron chi connectivity index (χ3n) is 7.99. The minimum atomic E-state index is -0.566. The summed E-state index contributed by atoms with van der Waals surface area (Å²) in [6, 6.07) is 25.8. The van der Waals surface area contributed by atoms with E-state index in [0.29, 0.717) is 0 Å². The summed E-state index contributed by atoms with van der Waals surface area (Å²) in [5.41, 5.74) is 4.40. The van der Waals surface area contributed by atoms with E-state index in [-0.39, 0.29) is 11.5 Å². The van der Waals surface area contributed by atoms with Crippen LogP contribution in [-0.4, -0.2) is 42.3 Å². The van der Waals surface area contributed by atoms with Gasteiger partial charge < -0.3 is 14.7 Å². The summed E-state index contributed by atoms with van der Waals surface area (Å²) in [6.07, 6.45) is 5.74. The van der Waals surface area contributed by atoms with E-state index in [2.05, 4.69) is 97.8 Å². The van der Waals surface area contributed by atoms with Crippen molar-refractivity contribution in [3.05, 3.63) is 89.5 Å². The fourth-order valence-corrected chi connectivity index (χ4v) is 7.07. The fraction of sp³-hybridized carbons (Fsp3) is 0.455. The molecule has 2 atom stereocenters. The number of rotatable bonds is 11. The average molecular weight is 533 g/mol. The number of hydrogen-bond acceptors (Lipinski definition) is 5. The lowest BCUT2D eigenvalue weighted by atomic mass is 9.72. The van der Waals surface area contributed by atoms with E-state index in [1.54, 1.807) is 7.11 Å². The molecule has 1 N–H and O–H groups in total. The highest BCUT2D eigenvalue weighted by molar-refractivity contribution is 7.97. The number of unbranched alkanes of at least 4 members (excludes halogenated alkanes) is 2. The van der Waals surface area contributed by atoms with Gasteiger partial charge in [0.05, 0.1) is 18.8 Å². The molecular formula is C33H44N2O2S. The van der Waals surface area contributed by atoms with Crippen LogP contribution in [0.1, 0.15) is 75.0 Å². The summed E-state index contributed by atoms with van der Waals surface area (Å²) in [5, 5.41) is 12.7. The van der Waals surface area contributed by atoms with Gasteiger partial charge in [0.15, 0.2) is 0 Å². The summed E-state index contributed by atoms with van der Waals surface area (Å²) in [6.45, 7) is 5.30. The standard InChI is InChI=1S/C33H44N2O2S/c1-6-8-21-33(22-9-7-2)32(36)31(26-15-18-28(37-5)19-16-26)29-23-27(34(3)4)17-20-30(29)38-35(33)24-25-13-11-10-12-14-25/h10-20,23,31-32,36H,6-9,21-22,24H2,1-5H3/t31-,32-/m1/s1. The van der Waals surface area contributed by atoms with Gasteiger partial charge in [0, 0.05) is 37.1 Å². The smallest absolute Gasteiger partial charge is 0.118 e. The number of nitrogens with zero attached hydrogens (tertiary/aromatic N) is 2. The zero-order valence-electron chi connectivity index (χ0n) is 23.7. The van der Waals surface area contributed by atoms with Gasteiger partial charge in [-0.05, 0) is 71.8 Å². The number of methoxy groups -OCH3 is 1. The fourth-order valence-electron chi connectivity index (χ4n) is 5.73.